The molecule has 0 saturated carbocycles. The van der Waals surface area contributed by atoms with E-state index in [1.54, 1.807) is 0 Å². The van der Waals surface area contributed by atoms with Gasteiger partial charge in [0.2, 0.25) is 0 Å². The van der Waals surface area contributed by atoms with Crippen molar-refractivity contribution in [2.45, 2.75) is 6.92 Å². The molecule has 0 nitrogen and oxygen atoms in total. The van der Waals surface area contributed by atoms with E-state index in [9.17, 15) is 0 Å². The molecule has 0 atom stereocenters. The predicted octanol–water partition coefficient (Wildman–Crippen LogP) is 4.36. The molecule has 0 unspecified atom stereocenters. The zero-order chi connectivity index (χ0) is 17.4. The molecule has 0 spiro atoms. The van der Waals surface area contributed by atoms with Gasteiger partial charge in [-0.15, -0.1) is 5.92 Å². The van der Waals surface area contributed by atoms with E-state index in [0.717, 1.165) is 0 Å². The second kappa shape index (κ2) is 8.39. The summed E-state index contributed by atoms with van der Waals surface area (Å²) in [6.45, 7) is -0.0136. The number of allylic oxidation sites excluding steroid dienone is 2. The van der Waals surface area contributed by atoms with Crippen LogP contribution in [0.25, 0.3) is 0 Å². The van der Waals surface area contributed by atoms with E-state index >= 15 is 0 Å². The molecule has 0 fully saturated rings. The van der Waals surface area contributed by atoms with Crippen LogP contribution in [0.5, 0.6) is 0 Å². The molecular weight excluding hydrogens is 319 g/mol. The lowest BCUT2D eigenvalue weighted by molar-refractivity contribution is 1.73. The van der Waals surface area contributed by atoms with Gasteiger partial charge in [-0.05, 0) is 35.8 Å². The fraction of sp³-hybridized carbons (Fsp3) is 0.0417. The molecule has 3 aromatic rings. The minimum atomic E-state index is -1.87. The van der Waals surface area contributed by atoms with Gasteiger partial charge in [-0.1, -0.05) is 109 Å². The maximum absolute atomic E-state index is 3.03. The predicted molar refractivity (Wildman–Crippen MR) is 114 cm³/mol. The van der Waals surface area contributed by atoms with Crippen LogP contribution in [-0.4, -0.2) is 5.80 Å². The first kappa shape index (κ1) is 17.1. The first-order chi connectivity index (χ1) is 12.4. The first-order valence-electron chi connectivity index (χ1n) is 8.37. The topological polar surface area (TPSA) is 0 Å². The highest BCUT2D eigenvalue weighted by molar-refractivity contribution is 7.94. The highest BCUT2D eigenvalue weighted by Crippen LogP contribution is 2.43. The largest absolute Gasteiger partial charge is 0.102 e. The SMILES string of the molecule is CC#C/C=C/C=P(c1ccccc1)(c1ccccc1)c1ccccc1. The highest BCUT2D eigenvalue weighted by Gasteiger charge is 2.23. The van der Waals surface area contributed by atoms with Gasteiger partial charge in [0.1, 0.15) is 0 Å². The lowest BCUT2D eigenvalue weighted by atomic mass is 10.4. The van der Waals surface area contributed by atoms with Crippen molar-refractivity contribution in [3.05, 3.63) is 103 Å². The normalized spacial score (nSPS) is 10.9. The Bertz CT molecular complexity index is 837. The summed E-state index contributed by atoms with van der Waals surface area (Å²) in [5.74, 6) is 8.32. The van der Waals surface area contributed by atoms with Crippen LogP contribution in [0.1, 0.15) is 6.92 Å². The van der Waals surface area contributed by atoms with Crippen molar-refractivity contribution in [1.29, 1.82) is 0 Å². The molecule has 3 aromatic carbocycles. The van der Waals surface area contributed by atoms with Gasteiger partial charge in [0.15, 0.2) is 0 Å². The summed E-state index contributed by atoms with van der Waals surface area (Å²) in [4.78, 5) is 0. The van der Waals surface area contributed by atoms with Crippen molar-refractivity contribution in [2.75, 3.05) is 0 Å². The molecule has 0 bridgehead atoms. The summed E-state index contributed by atoms with van der Waals surface area (Å²) in [5, 5.41) is 4.05. The molecule has 0 aliphatic heterocycles. The summed E-state index contributed by atoms with van der Waals surface area (Å²) in [6.07, 6.45) is 4.04. The number of benzene rings is 3. The van der Waals surface area contributed by atoms with E-state index < -0.39 is 6.89 Å². The second-order valence-corrected chi connectivity index (χ2v) is 8.92. The zero-order valence-electron chi connectivity index (χ0n) is 14.3. The molecule has 0 aliphatic carbocycles. The Morgan fingerprint density at radius 2 is 1.04 bits per heavy atom. The van der Waals surface area contributed by atoms with Crippen molar-refractivity contribution in [1.82, 2.24) is 0 Å². The number of hydrogen-bond acceptors (Lipinski definition) is 0. The van der Waals surface area contributed by atoms with Gasteiger partial charge in [-0.25, -0.2) is 0 Å². The van der Waals surface area contributed by atoms with E-state index in [1.165, 1.54) is 15.9 Å². The minimum absolute atomic E-state index is 1.35. The minimum Gasteiger partial charge on any atom is -0.102 e. The lowest BCUT2D eigenvalue weighted by Gasteiger charge is -2.28. The Morgan fingerprint density at radius 1 is 0.640 bits per heavy atom. The fourth-order valence-electron chi connectivity index (χ4n) is 3.00. The lowest BCUT2D eigenvalue weighted by Crippen LogP contribution is -2.26. The Morgan fingerprint density at radius 3 is 1.40 bits per heavy atom. The fourth-order valence-corrected chi connectivity index (χ4v) is 6.68. The van der Waals surface area contributed by atoms with Crippen molar-refractivity contribution in [2.24, 2.45) is 0 Å². The van der Waals surface area contributed by atoms with Gasteiger partial charge in [0.05, 0.1) is 0 Å². The molecule has 25 heavy (non-hydrogen) atoms. The van der Waals surface area contributed by atoms with Gasteiger partial charge in [-0.2, -0.15) is 0 Å². The van der Waals surface area contributed by atoms with E-state index in [4.69, 9.17) is 0 Å². The monoisotopic (exact) mass is 340 g/mol. The van der Waals surface area contributed by atoms with Crippen molar-refractivity contribution in [3.8, 4) is 11.8 Å². The molecule has 1 heteroatoms. The van der Waals surface area contributed by atoms with Crippen LogP contribution >= 0.6 is 6.89 Å². The Hall–Kier alpha value is -2.74. The second-order valence-electron chi connectivity index (χ2n) is 5.63. The maximum atomic E-state index is 3.03. The standard InChI is InChI=1S/C24H21P/c1-2-3-4-14-21-25(22-15-8-5-9-16-22,23-17-10-6-11-18-23)24-19-12-7-13-20-24/h4-21H,1H3/b14-4+. The van der Waals surface area contributed by atoms with Gasteiger partial charge in [0.25, 0.3) is 0 Å². The van der Waals surface area contributed by atoms with Gasteiger partial charge in [-0.3, -0.25) is 0 Å². The molecule has 0 amide bonds. The van der Waals surface area contributed by atoms with Crippen molar-refractivity contribution in [3.63, 3.8) is 0 Å². The van der Waals surface area contributed by atoms with Crippen LogP contribution in [0.3, 0.4) is 0 Å². The summed E-state index contributed by atoms with van der Waals surface area (Å²) in [7, 11) is 0. The van der Waals surface area contributed by atoms with Gasteiger partial charge in [0, 0.05) is 0 Å². The molecule has 0 N–H and O–H groups in total. The van der Waals surface area contributed by atoms with Crippen molar-refractivity contribution < 1.29 is 0 Å². The smallest absolute Gasteiger partial charge is 0.00235 e. The molecule has 0 saturated heterocycles. The maximum Gasteiger partial charge on any atom is -0.00235 e. The number of hydrogen-bond donors (Lipinski definition) is 0. The molecule has 0 aliphatic rings. The first-order valence-corrected chi connectivity index (χ1v) is 10.2. The van der Waals surface area contributed by atoms with Gasteiger partial charge < -0.3 is 0 Å². The highest BCUT2D eigenvalue weighted by atomic mass is 31.2. The zero-order valence-corrected chi connectivity index (χ0v) is 15.2. The van der Waals surface area contributed by atoms with Crippen LogP contribution in [-0.2, 0) is 0 Å². The van der Waals surface area contributed by atoms with Crippen LogP contribution in [0.4, 0.5) is 0 Å². The summed E-state index contributed by atoms with van der Waals surface area (Å²) < 4.78 is 0. The molecular formula is C24H21P. The van der Waals surface area contributed by atoms with Crippen LogP contribution in [0.2, 0.25) is 0 Å². The van der Waals surface area contributed by atoms with Crippen molar-refractivity contribution >= 4 is 28.6 Å². The van der Waals surface area contributed by atoms with Crippen LogP contribution < -0.4 is 15.9 Å². The average Bonchev–Trinajstić information content (AvgIpc) is 2.70. The molecule has 122 valence electrons. The Labute approximate surface area is 150 Å². The summed E-state index contributed by atoms with van der Waals surface area (Å²) >= 11 is 0. The molecule has 0 aromatic heterocycles. The number of rotatable bonds is 4. The Balaban J connectivity index is 2.37. The molecule has 0 radical (unpaired) electrons. The third-order valence-electron chi connectivity index (χ3n) is 4.12. The third kappa shape index (κ3) is 3.69. The molecule has 0 heterocycles. The Kier molecular flexibility index (Phi) is 5.73. The van der Waals surface area contributed by atoms with Crippen LogP contribution in [0, 0.1) is 11.8 Å². The quantitative estimate of drug-likeness (QED) is 0.489. The van der Waals surface area contributed by atoms with E-state index in [1.807, 2.05) is 13.0 Å². The van der Waals surface area contributed by atoms with E-state index in [-0.39, 0.29) is 0 Å². The molecule has 3 rings (SSSR count). The van der Waals surface area contributed by atoms with Gasteiger partial charge >= 0.3 is 0 Å². The van der Waals surface area contributed by atoms with Crippen LogP contribution in [0.15, 0.2) is 103 Å². The van der Waals surface area contributed by atoms with E-state index in [2.05, 4.69) is 115 Å². The summed E-state index contributed by atoms with van der Waals surface area (Å²) in [6, 6.07) is 32.4. The van der Waals surface area contributed by atoms with E-state index in [0.29, 0.717) is 0 Å². The average molecular weight is 340 g/mol. The third-order valence-corrected chi connectivity index (χ3v) is 8.08. The summed E-state index contributed by atoms with van der Waals surface area (Å²) in [5.41, 5.74) is 0.